The molecular formula is C30H39NO11. The number of aliphatic hydroxyl groups is 1. The van der Waals surface area contributed by atoms with E-state index in [-0.39, 0.29) is 48.6 Å². The third-order valence-electron chi connectivity index (χ3n) is 10.5. The van der Waals surface area contributed by atoms with Crippen molar-refractivity contribution in [1.29, 1.82) is 0 Å². The van der Waals surface area contributed by atoms with E-state index < -0.39 is 77.9 Å². The number of ether oxygens (including phenoxy) is 1. The first-order valence-electron chi connectivity index (χ1n) is 14.5. The van der Waals surface area contributed by atoms with Gasteiger partial charge in [0.25, 0.3) is 0 Å². The molecule has 12 heteroatoms. The van der Waals surface area contributed by atoms with Gasteiger partial charge in [-0.2, -0.15) is 0 Å². The lowest BCUT2D eigenvalue weighted by atomic mass is 9.46. The molecule has 3 saturated carbocycles. The van der Waals surface area contributed by atoms with Crippen molar-refractivity contribution < 1.29 is 53.6 Å². The highest BCUT2D eigenvalue weighted by atomic mass is 16.5. The van der Waals surface area contributed by atoms with Crippen LogP contribution in [0.1, 0.15) is 84.5 Å². The topological polar surface area (TPSA) is 201 Å². The average molecular weight is 590 g/mol. The molecule has 4 rings (SSSR count). The lowest BCUT2D eigenvalue weighted by Gasteiger charge is -2.57. The average Bonchev–Trinajstić information content (AvgIpc) is 3.19. The standard InChI is InChI=1S/C30H39NO11/c1-28-11-9-17(32)13-16(28)3-4-18-19-10-12-30(41,29(19,2)14-21(33)26(18)28)22(34)15-42-25(38)8-6-23(35)31-20(27(39)40)5-7-24(36)37/h13,18-20,26,41H,3-12,14-15H2,1-2H3,(H,31,35)(H,36,37)(H,39,40)/t18-,19-,20-,26+,28+,29+,30+/m1/s1. The van der Waals surface area contributed by atoms with Crippen LogP contribution in [0.5, 0.6) is 0 Å². The van der Waals surface area contributed by atoms with E-state index in [1.807, 2.05) is 0 Å². The van der Waals surface area contributed by atoms with Crippen LogP contribution in [0, 0.1) is 28.6 Å². The molecule has 0 aliphatic heterocycles. The van der Waals surface area contributed by atoms with Crippen LogP contribution < -0.4 is 5.32 Å². The van der Waals surface area contributed by atoms with Gasteiger partial charge in [0.05, 0.1) is 6.42 Å². The minimum Gasteiger partial charge on any atom is -0.481 e. The lowest BCUT2D eigenvalue weighted by molar-refractivity contribution is -0.174. The zero-order valence-electron chi connectivity index (χ0n) is 24.0. The highest BCUT2D eigenvalue weighted by Gasteiger charge is 2.68. The van der Waals surface area contributed by atoms with Crippen molar-refractivity contribution in [3.05, 3.63) is 11.6 Å². The molecule has 7 atom stereocenters. The Kier molecular flexibility index (Phi) is 8.78. The van der Waals surface area contributed by atoms with E-state index in [1.54, 1.807) is 13.0 Å². The van der Waals surface area contributed by atoms with E-state index in [4.69, 9.17) is 14.9 Å². The predicted octanol–water partition coefficient (Wildman–Crippen LogP) is 1.76. The van der Waals surface area contributed by atoms with Crippen LogP contribution in [-0.2, 0) is 38.3 Å². The normalized spacial score (nSPS) is 34.3. The molecule has 0 saturated heterocycles. The molecule has 4 aliphatic rings. The van der Waals surface area contributed by atoms with Crippen LogP contribution in [0.25, 0.3) is 0 Å². The summed E-state index contributed by atoms with van der Waals surface area (Å²) in [6.07, 6.45) is 3.13. The number of esters is 1. The molecular weight excluding hydrogens is 550 g/mol. The van der Waals surface area contributed by atoms with Crippen molar-refractivity contribution in [3.8, 4) is 0 Å². The molecule has 0 spiro atoms. The fraction of sp³-hybridized carbons (Fsp3) is 0.700. The second-order valence-electron chi connectivity index (χ2n) is 12.8. The molecule has 4 aliphatic carbocycles. The molecule has 0 aromatic carbocycles. The van der Waals surface area contributed by atoms with Crippen molar-refractivity contribution in [2.75, 3.05) is 6.61 Å². The van der Waals surface area contributed by atoms with Crippen molar-refractivity contribution >= 4 is 41.2 Å². The number of carbonyl (C=O) groups excluding carboxylic acids is 5. The minimum atomic E-state index is -1.87. The number of amides is 1. The van der Waals surface area contributed by atoms with E-state index in [9.17, 15) is 38.7 Å². The van der Waals surface area contributed by atoms with Gasteiger partial charge in [0.1, 0.15) is 17.4 Å². The van der Waals surface area contributed by atoms with Crippen LogP contribution in [0.4, 0.5) is 0 Å². The fourth-order valence-corrected chi connectivity index (χ4v) is 8.19. The number of nitrogens with one attached hydrogen (secondary N) is 1. The largest absolute Gasteiger partial charge is 0.481 e. The first kappa shape index (κ1) is 31.5. The second kappa shape index (κ2) is 11.7. The Hall–Kier alpha value is -3.41. The van der Waals surface area contributed by atoms with E-state index >= 15 is 0 Å². The molecule has 1 amide bonds. The van der Waals surface area contributed by atoms with Gasteiger partial charge in [-0.15, -0.1) is 0 Å². The first-order chi connectivity index (χ1) is 19.6. The van der Waals surface area contributed by atoms with Gasteiger partial charge in [0.15, 0.2) is 12.4 Å². The highest BCUT2D eigenvalue weighted by Crippen LogP contribution is 2.66. The molecule has 230 valence electrons. The second-order valence-corrected chi connectivity index (χ2v) is 12.8. The number of hydrogen-bond acceptors (Lipinski definition) is 9. The highest BCUT2D eigenvalue weighted by molar-refractivity contribution is 5.95. The Morgan fingerprint density at radius 2 is 1.74 bits per heavy atom. The van der Waals surface area contributed by atoms with Crippen molar-refractivity contribution in [2.24, 2.45) is 28.6 Å². The summed E-state index contributed by atoms with van der Waals surface area (Å²) < 4.78 is 5.07. The maximum Gasteiger partial charge on any atom is 0.326 e. The quantitative estimate of drug-likeness (QED) is 0.256. The summed E-state index contributed by atoms with van der Waals surface area (Å²) in [6, 6.07) is -1.43. The summed E-state index contributed by atoms with van der Waals surface area (Å²) in [7, 11) is 0. The number of rotatable bonds is 11. The number of carboxylic acids is 2. The van der Waals surface area contributed by atoms with Gasteiger partial charge in [-0.05, 0) is 61.9 Å². The summed E-state index contributed by atoms with van der Waals surface area (Å²) in [4.78, 5) is 85.4. The smallest absolute Gasteiger partial charge is 0.326 e. The number of ketones is 3. The fourth-order valence-electron chi connectivity index (χ4n) is 8.19. The van der Waals surface area contributed by atoms with Gasteiger partial charge >= 0.3 is 17.9 Å². The Morgan fingerprint density at radius 3 is 2.40 bits per heavy atom. The molecule has 4 N–H and O–H groups in total. The summed E-state index contributed by atoms with van der Waals surface area (Å²) in [5.41, 5.74) is -2.27. The Morgan fingerprint density at radius 1 is 1.02 bits per heavy atom. The maximum absolute atomic E-state index is 13.7. The number of fused-ring (bicyclic) bond motifs is 5. The molecule has 0 unspecified atom stereocenters. The molecule has 0 bridgehead atoms. The van der Waals surface area contributed by atoms with Crippen LogP contribution in [0.15, 0.2) is 11.6 Å². The SMILES string of the molecule is C[C@]12CCC(=O)C=C1CC[C@H]1[C@H]2C(=O)C[C@@]2(C)[C@@H]1CC[C@]2(O)C(=O)COC(=O)CCC(=O)N[C@H](CCC(=O)O)C(=O)O. The zero-order valence-corrected chi connectivity index (χ0v) is 24.0. The maximum atomic E-state index is 13.7. The van der Waals surface area contributed by atoms with Crippen molar-refractivity contribution in [2.45, 2.75) is 96.1 Å². The van der Waals surface area contributed by atoms with E-state index in [0.717, 1.165) is 5.57 Å². The number of hydrogen-bond donors (Lipinski definition) is 4. The molecule has 12 nitrogen and oxygen atoms in total. The molecule has 0 aromatic heterocycles. The summed E-state index contributed by atoms with van der Waals surface area (Å²) in [6.45, 7) is 3.10. The van der Waals surface area contributed by atoms with Gasteiger partial charge in [0.2, 0.25) is 11.7 Å². The lowest BCUT2D eigenvalue weighted by Crippen LogP contribution is -2.61. The number of allylic oxidation sites excluding steroid dienone is 1. The van der Waals surface area contributed by atoms with E-state index in [2.05, 4.69) is 12.2 Å². The molecule has 0 aromatic rings. The number of aliphatic carboxylic acids is 2. The van der Waals surface area contributed by atoms with Gasteiger partial charge in [-0.3, -0.25) is 28.8 Å². The first-order valence-corrected chi connectivity index (χ1v) is 14.5. The zero-order chi connectivity index (χ0) is 31.0. The van der Waals surface area contributed by atoms with Crippen molar-refractivity contribution in [1.82, 2.24) is 5.32 Å². The van der Waals surface area contributed by atoms with Gasteiger partial charge < -0.3 is 25.4 Å². The monoisotopic (exact) mass is 589 g/mol. The summed E-state index contributed by atoms with van der Waals surface area (Å²) >= 11 is 0. The van der Waals surface area contributed by atoms with Crippen LogP contribution >= 0.6 is 0 Å². The Bertz CT molecular complexity index is 1240. The van der Waals surface area contributed by atoms with Crippen LogP contribution in [0.2, 0.25) is 0 Å². The molecule has 42 heavy (non-hydrogen) atoms. The van der Waals surface area contributed by atoms with Crippen LogP contribution in [-0.4, -0.2) is 74.7 Å². The van der Waals surface area contributed by atoms with E-state index in [0.29, 0.717) is 32.1 Å². The van der Waals surface area contributed by atoms with Gasteiger partial charge in [-0.25, -0.2) is 4.79 Å². The van der Waals surface area contributed by atoms with Gasteiger partial charge in [-0.1, -0.05) is 19.4 Å². The van der Waals surface area contributed by atoms with Gasteiger partial charge in [0, 0.05) is 37.0 Å². The molecule has 0 radical (unpaired) electrons. The Balaban J connectivity index is 1.35. The number of carboxylic acid groups (broad SMARTS) is 2. The molecule has 3 fully saturated rings. The predicted molar refractivity (Wildman–Crippen MR) is 144 cm³/mol. The third-order valence-corrected chi connectivity index (χ3v) is 10.5. The van der Waals surface area contributed by atoms with E-state index in [1.165, 1.54) is 0 Å². The summed E-state index contributed by atoms with van der Waals surface area (Å²) in [5, 5.41) is 31.7. The third kappa shape index (κ3) is 5.65. The number of carbonyl (C=O) groups is 7. The van der Waals surface area contributed by atoms with Crippen LogP contribution in [0.3, 0.4) is 0 Å². The minimum absolute atomic E-state index is 0.0125. The molecule has 0 heterocycles. The Labute approximate surface area is 243 Å². The van der Waals surface area contributed by atoms with Crippen molar-refractivity contribution in [3.63, 3.8) is 0 Å². The summed E-state index contributed by atoms with van der Waals surface area (Å²) in [5.74, 6) is -5.33. The number of Topliss-reactive ketones (excluding diaryl/α,β-unsaturated/α-hetero) is 2.